The average Bonchev–Trinajstić information content (AvgIpc) is 3.01. The van der Waals surface area contributed by atoms with Crippen molar-refractivity contribution in [3.05, 3.63) is 47.3 Å². The number of para-hydroxylation sites is 1. The zero-order valence-electron chi connectivity index (χ0n) is 14.5. The molecule has 2 N–H and O–H groups in total. The molecule has 1 aromatic heterocycles. The van der Waals surface area contributed by atoms with Crippen molar-refractivity contribution in [2.45, 2.75) is 44.4 Å². The molecule has 0 amide bonds. The predicted octanol–water partition coefficient (Wildman–Crippen LogP) is 2.80. The molecule has 128 valence electrons. The summed E-state index contributed by atoms with van der Waals surface area (Å²) >= 11 is 0. The summed E-state index contributed by atoms with van der Waals surface area (Å²) in [6, 6.07) is 8.81. The fourth-order valence-electron chi connectivity index (χ4n) is 3.92. The Labute approximate surface area is 143 Å². The third-order valence-electron chi connectivity index (χ3n) is 5.57. The van der Waals surface area contributed by atoms with Crippen LogP contribution in [0, 0.1) is 6.92 Å². The normalized spacial score (nSPS) is 23.0. The molecule has 4 rings (SSSR count). The topological polar surface area (TPSA) is 53.2 Å². The molecule has 3 heterocycles. The van der Waals surface area contributed by atoms with Crippen LogP contribution in [0.2, 0.25) is 0 Å². The lowest BCUT2D eigenvalue weighted by Gasteiger charge is -2.46. The van der Waals surface area contributed by atoms with Crippen LogP contribution in [0.5, 0.6) is 5.75 Å². The highest BCUT2D eigenvalue weighted by molar-refractivity contribution is 5.39. The average molecular weight is 326 g/mol. The van der Waals surface area contributed by atoms with Crippen molar-refractivity contribution in [2.75, 3.05) is 20.1 Å². The fraction of sp³-hybridized carbons (Fsp3) is 0.526. The van der Waals surface area contributed by atoms with E-state index in [1.807, 2.05) is 6.20 Å². The highest BCUT2D eigenvalue weighted by Gasteiger charge is 2.42. The van der Waals surface area contributed by atoms with Gasteiger partial charge in [0.25, 0.3) is 0 Å². The van der Waals surface area contributed by atoms with Crippen LogP contribution in [-0.4, -0.2) is 40.8 Å². The molecule has 1 unspecified atom stereocenters. The SMILES string of the molecule is Cc1[nH]ncc1CNC1CC2(CCN(C)CC2)Oc2ccccc21. The molecule has 1 aromatic carbocycles. The smallest absolute Gasteiger partial charge is 0.124 e. The molecule has 0 bridgehead atoms. The lowest BCUT2D eigenvalue weighted by molar-refractivity contribution is -0.0204. The highest BCUT2D eigenvalue weighted by atomic mass is 16.5. The van der Waals surface area contributed by atoms with Gasteiger partial charge in [0, 0.05) is 48.9 Å². The fourth-order valence-corrected chi connectivity index (χ4v) is 3.92. The highest BCUT2D eigenvalue weighted by Crippen LogP contribution is 2.44. The van der Waals surface area contributed by atoms with E-state index in [4.69, 9.17) is 4.74 Å². The maximum Gasteiger partial charge on any atom is 0.124 e. The second-order valence-electron chi connectivity index (χ2n) is 7.28. The maximum atomic E-state index is 6.51. The Morgan fingerprint density at radius 2 is 2.12 bits per heavy atom. The number of nitrogens with zero attached hydrogens (tertiary/aromatic N) is 2. The molecule has 1 atom stereocenters. The summed E-state index contributed by atoms with van der Waals surface area (Å²) in [6.07, 6.45) is 5.15. The Morgan fingerprint density at radius 1 is 1.33 bits per heavy atom. The van der Waals surface area contributed by atoms with Gasteiger partial charge in [-0.05, 0) is 32.9 Å². The number of hydrogen-bond donors (Lipinski definition) is 2. The molecule has 1 spiro atoms. The van der Waals surface area contributed by atoms with Crippen molar-refractivity contribution in [1.82, 2.24) is 20.4 Å². The van der Waals surface area contributed by atoms with E-state index in [2.05, 4.69) is 58.7 Å². The largest absolute Gasteiger partial charge is 0.487 e. The number of aromatic nitrogens is 2. The number of nitrogens with one attached hydrogen (secondary N) is 2. The van der Waals surface area contributed by atoms with E-state index >= 15 is 0 Å². The van der Waals surface area contributed by atoms with E-state index in [9.17, 15) is 0 Å². The summed E-state index contributed by atoms with van der Waals surface area (Å²) in [5.74, 6) is 1.05. The monoisotopic (exact) mass is 326 g/mol. The molecular formula is C19H26N4O. The van der Waals surface area contributed by atoms with Gasteiger partial charge >= 0.3 is 0 Å². The number of piperidine rings is 1. The number of rotatable bonds is 3. The standard InChI is InChI=1S/C19H26N4O/c1-14-15(13-21-22-14)12-20-17-11-19(7-9-23(2)10-8-19)24-18-6-4-3-5-16(17)18/h3-6,13,17,20H,7-12H2,1-2H3,(H,21,22). The molecule has 24 heavy (non-hydrogen) atoms. The van der Waals surface area contributed by atoms with Crippen molar-refractivity contribution in [3.63, 3.8) is 0 Å². The molecule has 0 saturated carbocycles. The molecular weight excluding hydrogens is 300 g/mol. The minimum atomic E-state index is -0.0238. The summed E-state index contributed by atoms with van der Waals surface area (Å²) in [6.45, 7) is 5.11. The molecule has 0 radical (unpaired) electrons. The lowest BCUT2D eigenvalue weighted by atomic mass is 9.80. The van der Waals surface area contributed by atoms with Crippen molar-refractivity contribution in [3.8, 4) is 5.75 Å². The van der Waals surface area contributed by atoms with E-state index in [0.29, 0.717) is 6.04 Å². The molecule has 2 aliphatic heterocycles. The van der Waals surface area contributed by atoms with E-state index in [0.717, 1.165) is 50.3 Å². The van der Waals surface area contributed by atoms with Gasteiger partial charge in [-0.25, -0.2) is 0 Å². The van der Waals surface area contributed by atoms with Crippen LogP contribution in [0.15, 0.2) is 30.5 Å². The van der Waals surface area contributed by atoms with Crippen molar-refractivity contribution in [2.24, 2.45) is 0 Å². The third-order valence-corrected chi connectivity index (χ3v) is 5.57. The number of hydrogen-bond acceptors (Lipinski definition) is 4. The van der Waals surface area contributed by atoms with Gasteiger partial charge in [-0.15, -0.1) is 0 Å². The van der Waals surface area contributed by atoms with Crippen molar-refractivity contribution < 1.29 is 4.74 Å². The van der Waals surface area contributed by atoms with Gasteiger partial charge in [0.2, 0.25) is 0 Å². The van der Waals surface area contributed by atoms with Crippen LogP contribution in [0.1, 0.15) is 42.1 Å². The Hall–Kier alpha value is -1.85. The minimum absolute atomic E-state index is 0.0238. The summed E-state index contributed by atoms with van der Waals surface area (Å²) in [4.78, 5) is 2.40. The Bertz CT molecular complexity index is 703. The van der Waals surface area contributed by atoms with Crippen LogP contribution in [-0.2, 0) is 6.54 Å². The van der Waals surface area contributed by atoms with Crippen LogP contribution in [0.25, 0.3) is 0 Å². The van der Waals surface area contributed by atoms with E-state index in [1.54, 1.807) is 0 Å². The quantitative estimate of drug-likeness (QED) is 0.911. The molecule has 0 aliphatic carbocycles. The van der Waals surface area contributed by atoms with Crippen LogP contribution in [0.4, 0.5) is 0 Å². The minimum Gasteiger partial charge on any atom is -0.487 e. The number of aromatic amines is 1. The van der Waals surface area contributed by atoms with Crippen molar-refractivity contribution >= 4 is 0 Å². The second-order valence-corrected chi connectivity index (χ2v) is 7.28. The van der Waals surface area contributed by atoms with Crippen LogP contribution in [0.3, 0.4) is 0 Å². The Morgan fingerprint density at radius 3 is 2.88 bits per heavy atom. The first-order valence-electron chi connectivity index (χ1n) is 8.84. The van der Waals surface area contributed by atoms with Gasteiger partial charge in [0.1, 0.15) is 11.4 Å². The summed E-state index contributed by atoms with van der Waals surface area (Å²) in [5, 5.41) is 10.9. The lowest BCUT2D eigenvalue weighted by Crippen LogP contribution is -2.51. The zero-order chi connectivity index (χ0) is 16.6. The Kier molecular flexibility index (Phi) is 4.06. The van der Waals surface area contributed by atoms with Gasteiger partial charge in [-0.3, -0.25) is 5.10 Å². The van der Waals surface area contributed by atoms with E-state index in [1.165, 1.54) is 11.1 Å². The summed E-state index contributed by atoms with van der Waals surface area (Å²) in [7, 11) is 2.20. The molecule has 2 aliphatic rings. The third kappa shape index (κ3) is 2.94. The van der Waals surface area contributed by atoms with Gasteiger partial charge in [-0.1, -0.05) is 18.2 Å². The van der Waals surface area contributed by atoms with E-state index in [-0.39, 0.29) is 5.60 Å². The summed E-state index contributed by atoms with van der Waals surface area (Å²) < 4.78 is 6.51. The van der Waals surface area contributed by atoms with Crippen molar-refractivity contribution in [1.29, 1.82) is 0 Å². The first-order valence-corrected chi connectivity index (χ1v) is 8.84. The first kappa shape index (κ1) is 15.7. The molecule has 1 fully saturated rings. The van der Waals surface area contributed by atoms with E-state index < -0.39 is 0 Å². The molecule has 5 nitrogen and oxygen atoms in total. The first-order chi connectivity index (χ1) is 11.7. The number of ether oxygens (including phenoxy) is 1. The zero-order valence-corrected chi connectivity index (χ0v) is 14.5. The maximum absolute atomic E-state index is 6.51. The van der Waals surface area contributed by atoms with Gasteiger partial charge in [0.05, 0.1) is 6.20 Å². The molecule has 5 heteroatoms. The summed E-state index contributed by atoms with van der Waals surface area (Å²) in [5.41, 5.74) is 3.63. The molecule has 2 aromatic rings. The van der Waals surface area contributed by atoms with Gasteiger partial charge in [-0.2, -0.15) is 5.10 Å². The number of benzene rings is 1. The predicted molar refractivity (Wildman–Crippen MR) is 94.1 cm³/mol. The number of fused-ring (bicyclic) bond motifs is 1. The van der Waals surface area contributed by atoms with Crippen LogP contribution < -0.4 is 10.1 Å². The second kappa shape index (κ2) is 6.22. The van der Waals surface area contributed by atoms with Crippen LogP contribution >= 0.6 is 0 Å². The Balaban J connectivity index is 1.56. The number of aryl methyl sites for hydroxylation is 1. The van der Waals surface area contributed by atoms with Gasteiger partial charge < -0.3 is 15.0 Å². The van der Waals surface area contributed by atoms with Gasteiger partial charge in [0.15, 0.2) is 0 Å². The number of H-pyrrole nitrogens is 1. The number of likely N-dealkylation sites (tertiary alicyclic amines) is 1. The molecule has 1 saturated heterocycles.